The van der Waals surface area contributed by atoms with Gasteiger partial charge in [-0.05, 0) is 46.5 Å². The zero-order valence-corrected chi connectivity index (χ0v) is 17.4. The fraction of sp³-hybridized carbons (Fsp3) is 0.143. The van der Waals surface area contributed by atoms with Crippen LogP contribution >= 0.6 is 0 Å². The third-order valence-electron chi connectivity index (χ3n) is 5.60. The van der Waals surface area contributed by atoms with Crippen LogP contribution in [0.4, 0.5) is 0 Å². The Morgan fingerprint density at radius 3 is 1.00 bits per heavy atom. The molecule has 0 saturated heterocycles. The summed E-state index contributed by atoms with van der Waals surface area (Å²) in [6.45, 7) is 0. The van der Waals surface area contributed by atoms with Crippen molar-refractivity contribution in [1.82, 2.24) is 0 Å². The summed E-state index contributed by atoms with van der Waals surface area (Å²) in [6, 6.07) is 38.3. The molecule has 30 heavy (non-hydrogen) atoms. The van der Waals surface area contributed by atoms with Crippen molar-refractivity contribution >= 4 is 0 Å². The lowest BCUT2D eigenvalue weighted by molar-refractivity contribution is 0.414. The van der Waals surface area contributed by atoms with Gasteiger partial charge >= 0.3 is 0 Å². The second-order valence-corrected chi connectivity index (χ2v) is 7.32. The van der Waals surface area contributed by atoms with Crippen LogP contribution < -0.4 is 9.47 Å². The van der Waals surface area contributed by atoms with E-state index in [1.807, 2.05) is 24.3 Å². The molecule has 0 aliphatic carbocycles. The zero-order valence-electron chi connectivity index (χ0n) is 17.4. The standard InChI is InChI=1S/C28H26O2/c1-29-25-17-13-23(14-18-25)28(24-15-19-26(30-2)20-16-24)27(21-9-5-3-6-10-21)22-11-7-4-8-12-22/h3-20,27-28H,1-2H3. The molecule has 0 N–H and O–H groups in total. The molecule has 0 bridgehead atoms. The Morgan fingerprint density at radius 1 is 0.400 bits per heavy atom. The first-order valence-electron chi connectivity index (χ1n) is 10.2. The molecule has 4 rings (SSSR count). The van der Waals surface area contributed by atoms with Gasteiger partial charge in [0.25, 0.3) is 0 Å². The molecule has 0 radical (unpaired) electrons. The van der Waals surface area contributed by atoms with Gasteiger partial charge in [-0.2, -0.15) is 0 Å². The average molecular weight is 395 g/mol. The first-order valence-corrected chi connectivity index (χ1v) is 10.2. The molecule has 0 saturated carbocycles. The van der Waals surface area contributed by atoms with Gasteiger partial charge in [0, 0.05) is 11.8 Å². The van der Waals surface area contributed by atoms with Gasteiger partial charge < -0.3 is 9.47 Å². The molecule has 0 atom stereocenters. The molecule has 0 unspecified atom stereocenters. The third kappa shape index (κ3) is 4.23. The minimum absolute atomic E-state index is 0.145. The fourth-order valence-electron chi connectivity index (χ4n) is 4.10. The summed E-state index contributed by atoms with van der Waals surface area (Å²) in [7, 11) is 3.40. The number of rotatable bonds is 7. The normalized spacial score (nSPS) is 10.9. The second-order valence-electron chi connectivity index (χ2n) is 7.32. The first-order chi connectivity index (χ1) is 14.8. The lowest BCUT2D eigenvalue weighted by Gasteiger charge is -2.29. The molecular weight excluding hydrogens is 368 g/mol. The van der Waals surface area contributed by atoms with E-state index in [1.54, 1.807) is 14.2 Å². The van der Waals surface area contributed by atoms with E-state index in [2.05, 4.69) is 84.9 Å². The maximum Gasteiger partial charge on any atom is 0.118 e. The molecule has 0 heterocycles. The predicted octanol–water partition coefficient (Wildman–Crippen LogP) is 6.67. The smallest absolute Gasteiger partial charge is 0.118 e. The summed E-state index contributed by atoms with van der Waals surface area (Å²) in [5, 5.41) is 0. The highest BCUT2D eigenvalue weighted by molar-refractivity contribution is 5.46. The Labute approximate surface area is 178 Å². The maximum atomic E-state index is 5.40. The Kier molecular flexibility index (Phi) is 6.14. The van der Waals surface area contributed by atoms with E-state index < -0.39 is 0 Å². The maximum absolute atomic E-state index is 5.40. The summed E-state index contributed by atoms with van der Waals surface area (Å²) < 4.78 is 10.8. The van der Waals surface area contributed by atoms with Crippen LogP contribution in [0.3, 0.4) is 0 Å². The minimum atomic E-state index is 0.145. The Balaban J connectivity index is 1.90. The lowest BCUT2D eigenvalue weighted by atomic mass is 9.74. The van der Waals surface area contributed by atoms with Crippen molar-refractivity contribution in [3.63, 3.8) is 0 Å². The van der Waals surface area contributed by atoms with Gasteiger partial charge in [-0.3, -0.25) is 0 Å². The van der Waals surface area contributed by atoms with E-state index in [0.717, 1.165) is 11.5 Å². The molecular formula is C28H26O2. The average Bonchev–Trinajstić information content (AvgIpc) is 2.84. The fourth-order valence-corrected chi connectivity index (χ4v) is 4.10. The van der Waals surface area contributed by atoms with Crippen LogP contribution in [0.5, 0.6) is 11.5 Å². The quantitative estimate of drug-likeness (QED) is 0.349. The highest BCUT2D eigenvalue weighted by Crippen LogP contribution is 2.43. The van der Waals surface area contributed by atoms with Gasteiger partial charge in [0.15, 0.2) is 0 Å². The third-order valence-corrected chi connectivity index (χ3v) is 5.60. The Bertz CT molecular complexity index is 952. The molecule has 2 nitrogen and oxygen atoms in total. The van der Waals surface area contributed by atoms with Crippen molar-refractivity contribution in [3.05, 3.63) is 131 Å². The van der Waals surface area contributed by atoms with E-state index in [1.165, 1.54) is 22.3 Å². The van der Waals surface area contributed by atoms with Crippen molar-refractivity contribution in [2.75, 3.05) is 14.2 Å². The number of hydrogen-bond acceptors (Lipinski definition) is 2. The second kappa shape index (κ2) is 9.32. The molecule has 0 spiro atoms. The van der Waals surface area contributed by atoms with E-state index in [4.69, 9.17) is 9.47 Å². The summed E-state index contributed by atoms with van der Waals surface area (Å²) in [5.74, 6) is 2.05. The van der Waals surface area contributed by atoms with Crippen LogP contribution in [0.25, 0.3) is 0 Å². The van der Waals surface area contributed by atoms with E-state index in [-0.39, 0.29) is 11.8 Å². The van der Waals surface area contributed by atoms with Crippen molar-refractivity contribution < 1.29 is 9.47 Å². The monoisotopic (exact) mass is 394 g/mol. The number of methoxy groups -OCH3 is 2. The Hall–Kier alpha value is -3.52. The SMILES string of the molecule is COc1ccc(C(c2ccc(OC)cc2)C(c2ccccc2)c2ccccc2)cc1. The van der Waals surface area contributed by atoms with Crippen LogP contribution in [0.15, 0.2) is 109 Å². The molecule has 0 fully saturated rings. The van der Waals surface area contributed by atoms with Gasteiger partial charge in [-0.15, -0.1) is 0 Å². The topological polar surface area (TPSA) is 18.5 Å². The van der Waals surface area contributed by atoms with Gasteiger partial charge in [0.05, 0.1) is 14.2 Å². The highest BCUT2D eigenvalue weighted by Gasteiger charge is 2.28. The molecule has 0 amide bonds. The van der Waals surface area contributed by atoms with Gasteiger partial charge in [0.2, 0.25) is 0 Å². The van der Waals surface area contributed by atoms with Crippen molar-refractivity contribution in [1.29, 1.82) is 0 Å². The van der Waals surface area contributed by atoms with Crippen LogP contribution in [0.2, 0.25) is 0 Å². The largest absolute Gasteiger partial charge is 0.497 e. The lowest BCUT2D eigenvalue weighted by Crippen LogP contribution is -2.14. The summed E-state index contributed by atoms with van der Waals surface area (Å²) in [5.41, 5.74) is 5.08. The first kappa shape index (κ1) is 19.8. The molecule has 4 aromatic carbocycles. The molecule has 0 aromatic heterocycles. The van der Waals surface area contributed by atoms with Crippen LogP contribution in [0, 0.1) is 0 Å². The summed E-state index contributed by atoms with van der Waals surface area (Å²) in [6.07, 6.45) is 0. The van der Waals surface area contributed by atoms with Crippen molar-refractivity contribution in [2.24, 2.45) is 0 Å². The van der Waals surface area contributed by atoms with Crippen LogP contribution in [-0.2, 0) is 0 Å². The number of benzene rings is 4. The summed E-state index contributed by atoms with van der Waals surface area (Å²) >= 11 is 0. The number of hydrogen-bond donors (Lipinski definition) is 0. The van der Waals surface area contributed by atoms with Gasteiger partial charge in [0.1, 0.15) is 11.5 Å². The molecule has 0 aliphatic heterocycles. The molecule has 150 valence electrons. The predicted molar refractivity (Wildman–Crippen MR) is 123 cm³/mol. The van der Waals surface area contributed by atoms with Crippen LogP contribution in [-0.4, -0.2) is 14.2 Å². The highest BCUT2D eigenvalue weighted by atomic mass is 16.5. The molecule has 2 heteroatoms. The zero-order chi connectivity index (χ0) is 20.8. The number of ether oxygens (including phenoxy) is 2. The van der Waals surface area contributed by atoms with Crippen LogP contribution in [0.1, 0.15) is 34.1 Å². The van der Waals surface area contributed by atoms with E-state index in [0.29, 0.717) is 0 Å². The van der Waals surface area contributed by atoms with E-state index in [9.17, 15) is 0 Å². The van der Waals surface area contributed by atoms with E-state index >= 15 is 0 Å². The minimum Gasteiger partial charge on any atom is -0.497 e. The van der Waals surface area contributed by atoms with Gasteiger partial charge in [-0.25, -0.2) is 0 Å². The van der Waals surface area contributed by atoms with Crippen molar-refractivity contribution in [2.45, 2.75) is 11.8 Å². The molecule has 0 aliphatic rings. The van der Waals surface area contributed by atoms with Crippen molar-refractivity contribution in [3.8, 4) is 11.5 Å². The Morgan fingerprint density at radius 2 is 0.700 bits per heavy atom. The molecule has 4 aromatic rings. The summed E-state index contributed by atoms with van der Waals surface area (Å²) in [4.78, 5) is 0. The van der Waals surface area contributed by atoms with Gasteiger partial charge in [-0.1, -0.05) is 84.9 Å².